The van der Waals surface area contributed by atoms with Gasteiger partial charge in [-0.1, -0.05) is 44.9 Å². The topological polar surface area (TPSA) is 90.2 Å². The first kappa shape index (κ1) is 28.6. The van der Waals surface area contributed by atoms with Crippen LogP contribution in [0.4, 0.5) is 0 Å². The summed E-state index contributed by atoms with van der Waals surface area (Å²) in [5.41, 5.74) is 3.00. The molecular weight excluding hydrogens is 440 g/mol. The lowest BCUT2D eigenvalue weighted by Gasteiger charge is -2.43. The Morgan fingerprint density at radius 3 is 2.63 bits per heavy atom. The molecule has 5 nitrogen and oxygen atoms in total. The summed E-state index contributed by atoms with van der Waals surface area (Å²) in [6.45, 7) is 11.0. The van der Waals surface area contributed by atoms with Crippen LogP contribution in [0.3, 0.4) is 0 Å². The lowest BCUT2D eigenvalue weighted by Crippen LogP contribution is -2.44. The Bertz CT molecular complexity index is 791. The molecule has 7 atom stereocenters. The summed E-state index contributed by atoms with van der Waals surface area (Å²) in [5.74, 6) is 1.93. The Morgan fingerprint density at radius 1 is 1.20 bits per heavy atom. The number of rotatable bonds is 11. The van der Waals surface area contributed by atoms with Gasteiger partial charge in [-0.25, -0.2) is 0 Å². The summed E-state index contributed by atoms with van der Waals surface area (Å²) in [6, 6.07) is 0. The van der Waals surface area contributed by atoms with Crippen molar-refractivity contribution in [3.05, 3.63) is 34.9 Å². The molecule has 0 aromatic rings. The Hall–Kier alpha value is -0.980. The Morgan fingerprint density at radius 2 is 1.94 bits per heavy atom. The van der Waals surface area contributed by atoms with Crippen molar-refractivity contribution in [3.63, 3.8) is 0 Å². The van der Waals surface area contributed by atoms with Gasteiger partial charge in [0, 0.05) is 19.6 Å². The maximum atomic E-state index is 10.8. The highest BCUT2D eigenvalue weighted by Gasteiger charge is 2.49. The zero-order valence-corrected chi connectivity index (χ0v) is 22.7. The maximum absolute atomic E-state index is 10.8. The highest BCUT2D eigenvalue weighted by molar-refractivity contribution is 5.38. The lowest BCUT2D eigenvalue weighted by molar-refractivity contribution is -0.0958. The van der Waals surface area contributed by atoms with Gasteiger partial charge in [0.2, 0.25) is 0 Å². The molecule has 0 heterocycles. The van der Waals surface area contributed by atoms with Crippen LogP contribution in [0.15, 0.2) is 34.9 Å². The van der Waals surface area contributed by atoms with Crippen LogP contribution in [0.1, 0.15) is 92.4 Å². The average Bonchev–Trinajstić information content (AvgIpc) is 3.14. The van der Waals surface area contributed by atoms with E-state index in [1.165, 1.54) is 31.3 Å². The normalized spacial score (nSPS) is 34.9. The first-order chi connectivity index (χ1) is 16.5. The Balaban J connectivity index is 1.66. The van der Waals surface area contributed by atoms with E-state index in [2.05, 4.69) is 32.1 Å². The van der Waals surface area contributed by atoms with Crippen molar-refractivity contribution in [3.8, 4) is 0 Å². The number of hydrogen-bond acceptors (Lipinski definition) is 5. The minimum Gasteiger partial charge on any atom is -0.396 e. The minimum absolute atomic E-state index is 0.0391. The van der Waals surface area contributed by atoms with Crippen LogP contribution in [-0.4, -0.2) is 57.6 Å². The molecule has 200 valence electrons. The van der Waals surface area contributed by atoms with E-state index in [4.69, 9.17) is 9.84 Å². The van der Waals surface area contributed by atoms with E-state index in [1.54, 1.807) is 0 Å². The molecule has 0 aliphatic heterocycles. The first-order valence-electron chi connectivity index (χ1n) is 13.9. The van der Waals surface area contributed by atoms with Crippen LogP contribution < -0.4 is 0 Å². The predicted molar refractivity (Wildman–Crippen MR) is 141 cm³/mol. The first-order valence-corrected chi connectivity index (χ1v) is 13.9. The summed E-state index contributed by atoms with van der Waals surface area (Å²) in [4.78, 5) is 0. The van der Waals surface area contributed by atoms with E-state index < -0.39 is 23.9 Å². The fourth-order valence-electron chi connectivity index (χ4n) is 7.07. The second kappa shape index (κ2) is 12.0. The number of aliphatic hydroxyl groups is 4. The summed E-state index contributed by atoms with van der Waals surface area (Å²) in [6.07, 6.45) is 13.4. The second-order valence-corrected chi connectivity index (χ2v) is 12.3. The number of ether oxygens (including phenoxy) is 1. The molecule has 35 heavy (non-hydrogen) atoms. The number of allylic oxidation sites excluding steroid dienone is 4. The molecule has 2 unspecified atom stereocenters. The van der Waals surface area contributed by atoms with Crippen LogP contribution in [-0.2, 0) is 4.74 Å². The largest absolute Gasteiger partial charge is 0.396 e. The molecular formula is C30H50O5. The van der Waals surface area contributed by atoms with Crippen molar-refractivity contribution in [2.45, 2.75) is 116 Å². The van der Waals surface area contributed by atoms with Gasteiger partial charge >= 0.3 is 0 Å². The Labute approximate surface area is 213 Å². The van der Waals surface area contributed by atoms with Gasteiger partial charge in [-0.2, -0.15) is 0 Å². The van der Waals surface area contributed by atoms with Gasteiger partial charge in [-0.05, 0) is 99.2 Å². The van der Waals surface area contributed by atoms with Gasteiger partial charge in [0.05, 0.1) is 11.7 Å². The quantitative estimate of drug-likeness (QED) is 0.303. The summed E-state index contributed by atoms with van der Waals surface area (Å²) in [7, 11) is 0. The second-order valence-electron chi connectivity index (χ2n) is 12.3. The Kier molecular flexibility index (Phi) is 9.84. The molecule has 4 N–H and O–H groups in total. The average molecular weight is 491 g/mol. The molecule has 3 aliphatic rings. The van der Waals surface area contributed by atoms with E-state index in [9.17, 15) is 15.3 Å². The van der Waals surface area contributed by atoms with E-state index in [-0.39, 0.29) is 6.61 Å². The van der Waals surface area contributed by atoms with Crippen molar-refractivity contribution in [1.82, 2.24) is 0 Å². The summed E-state index contributed by atoms with van der Waals surface area (Å²) < 4.78 is 5.67. The maximum Gasteiger partial charge on any atom is 0.113 e. The third kappa shape index (κ3) is 6.87. The molecule has 1 fully saturated rings. The van der Waals surface area contributed by atoms with Crippen molar-refractivity contribution in [1.29, 1.82) is 0 Å². The fraction of sp³-hybridized carbons (Fsp3) is 0.800. The summed E-state index contributed by atoms with van der Waals surface area (Å²) >= 11 is 0. The number of fused-ring (bicyclic) bond motifs is 1. The molecule has 3 aliphatic carbocycles. The molecule has 0 bridgehead atoms. The molecule has 0 spiro atoms. The lowest BCUT2D eigenvalue weighted by atomic mass is 9.62. The molecule has 3 rings (SSSR count). The smallest absolute Gasteiger partial charge is 0.113 e. The molecule has 0 amide bonds. The SMILES string of the molecule is CC1=C(/C=C/C2=CCCC3(C)[C@@H](C(C)CCCC(C)(C)O)CC[C@@H]23)C[C@@H](O)[C@@H](OCCCO)[C@H]1O. The van der Waals surface area contributed by atoms with Gasteiger partial charge in [-0.15, -0.1) is 0 Å². The molecule has 0 aromatic heterocycles. The highest BCUT2D eigenvalue weighted by Crippen LogP contribution is 2.58. The molecule has 0 radical (unpaired) electrons. The van der Waals surface area contributed by atoms with Gasteiger partial charge in [0.15, 0.2) is 0 Å². The van der Waals surface area contributed by atoms with E-state index >= 15 is 0 Å². The van der Waals surface area contributed by atoms with Crippen molar-refractivity contribution < 1.29 is 25.2 Å². The monoisotopic (exact) mass is 490 g/mol. The molecule has 0 aromatic carbocycles. The summed E-state index contributed by atoms with van der Waals surface area (Å²) in [5, 5.41) is 40.4. The van der Waals surface area contributed by atoms with Gasteiger partial charge in [0.1, 0.15) is 12.2 Å². The van der Waals surface area contributed by atoms with Crippen LogP contribution >= 0.6 is 0 Å². The van der Waals surface area contributed by atoms with Gasteiger partial charge in [0.25, 0.3) is 0 Å². The van der Waals surface area contributed by atoms with Crippen molar-refractivity contribution in [2.24, 2.45) is 23.2 Å². The van der Waals surface area contributed by atoms with Gasteiger partial charge in [-0.3, -0.25) is 0 Å². The van der Waals surface area contributed by atoms with Gasteiger partial charge < -0.3 is 25.2 Å². The number of aliphatic hydroxyl groups excluding tert-OH is 3. The number of hydrogen-bond donors (Lipinski definition) is 4. The van der Waals surface area contributed by atoms with Crippen LogP contribution in [0.2, 0.25) is 0 Å². The predicted octanol–water partition coefficient (Wildman–Crippen LogP) is 5.08. The molecule has 5 heteroatoms. The van der Waals surface area contributed by atoms with Crippen LogP contribution in [0.25, 0.3) is 0 Å². The highest BCUT2D eigenvalue weighted by atomic mass is 16.5. The zero-order chi connectivity index (χ0) is 25.8. The third-order valence-corrected chi connectivity index (χ3v) is 9.17. The van der Waals surface area contributed by atoms with E-state index in [1.807, 2.05) is 20.8 Å². The third-order valence-electron chi connectivity index (χ3n) is 9.17. The van der Waals surface area contributed by atoms with Crippen molar-refractivity contribution in [2.75, 3.05) is 13.2 Å². The standard InChI is InChI=1S/C30H50O5/c1-20(9-6-15-29(3,4)34)24-13-14-25-22(10-7-16-30(24,25)5)11-12-23-19-26(32)28(27(33)21(23)2)35-18-8-17-31/h10-12,20,24-28,31-34H,6-9,13-19H2,1-5H3/b12-11+/t20?,24-,25+,26-,27+,28-,30?/m1/s1. The van der Waals surface area contributed by atoms with Crippen molar-refractivity contribution >= 4 is 0 Å². The van der Waals surface area contributed by atoms with Crippen LogP contribution in [0.5, 0.6) is 0 Å². The zero-order valence-electron chi connectivity index (χ0n) is 22.7. The fourth-order valence-corrected chi connectivity index (χ4v) is 7.07. The molecule has 0 saturated heterocycles. The van der Waals surface area contributed by atoms with Crippen LogP contribution in [0, 0.1) is 23.2 Å². The van der Waals surface area contributed by atoms with E-state index in [0.29, 0.717) is 42.6 Å². The minimum atomic E-state index is -0.830. The molecule has 1 saturated carbocycles. The van der Waals surface area contributed by atoms with E-state index in [0.717, 1.165) is 30.4 Å².